The van der Waals surface area contributed by atoms with Gasteiger partial charge in [0.25, 0.3) is 5.91 Å². The minimum Gasteiger partial charge on any atom is -0.331 e. The van der Waals surface area contributed by atoms with E-state index >= 15 is 0 Å². The molecular weight excluding hydrogens is 345 g/mol. The molecule has 0 aliphatic carbocycles. The van der Waals surface area contributed by atoms with Gasteiger partial charge in [0.05, 0.1) is 0 Å². The number of aromatic nitrogens is 1. The third-order valence-electron chi connectivity index (χ3n) is 2.85. The monoisotopic (exact) mass is 357 g/mol. The van der Waals surface area contributed by atoms with E-state index in [1.807, 2.05) is 30.3 Å². The maximum Gasteiger partial charge on any atom is 0.271 e. The molecule has 2 aromatic rings. The number of hydrogen-bond acceptors (Lipinski definition) is 3. The van der Waals surface area contributed by atoms with Crippen molar-refractivity contribution in [1.82, 2.24) is 15.6 Å². The van der Waals surface area contributed by atoms with Gasteiger partial charge < -0.3 is 5.32 Å². The molecule has 1 aromatic heterocycles. The van der Waals surface area contributed by atoms with Crippen LogP contribution in [0.2, 0.25) is 0 Å². The molecular formula is C15H14Cl3N3O. The fourth-order valence-electron chi connectivity index (χ4n) is 1.77. The van der Waals surface area contributed by atoms with E-state index in [1.54, 1.807) is 18.2 Å². The molecule has 0 spiro atoms. The van der Waals surface area contributed by atoms with Crippen LogP contribution in [0.3, 0.4) is 0 Å². The zero-order chi connectivity index (χ0) is 16.0. The molecule has 4 nitrogen and oxygen atoms in total. The number of halogens is 3. The third-order valence-corrected chi connectivity index (χ3v) is 3.51. The second kappa shape index (κ2) is 7.79. The van der Waals surface area contributed by atoms with E-state index in [-0.39, 0.29) is 5.69 Å². The molecule has 116 valence electrons. The highest BCUT2D eigenvalue weighted by Crippen LogP contribution is 2.29. The molecule has 0 aliphatic rings. The van der Waals surface area contributed by atoms with E-state index in [2.05, 4.69) is 15.6 Å². The summed E-state index contributed by atoms with van der Waals surface area (Å²) in [6.07, 6.45) is 0.670. The van der Waals surface area contributed by atoms with E-state index in [0.717, 1.165) is 5.56 Å². The molecule has 0 saturated heterocycles. The second-order valence-electron chi connectivity index (χ2n) is 4.53. The number of benzene rings is 1. The van der Waals surface area contributed by atoms with Gasteiger partial charge in [-0.05, 0) is 17.7 Å². The van der Waals surface area contributed by atoms with Gasteiger partial charge in [0, 0.05) is 12.7 Å². The molecule has 2 rings (SSSR count). The average Bonchev–Trinajstić information content (AvgIpc) is 2.52. The van der Waals surface area contributed by atoms with Crippen molar-refractivity contribution in [2.45, 2.75) is 16.5 Å². The quantitative estimate of drug-likeness (QED) is 0.637. The van der Waals surface area contributed by atoms with Gasteiger partial charge in [-0.3, -0.25) is 15.1 Å². The number of nitrogens with one attached hydrogen (secondary N) is 2. The van der Waals surface area contributed by atoms with Crippen molar-refractivity contribution in [3.05, 3.63) is 66.0 Å². The molecule has 2 N–H and O–H groups in total. The van der Waals surface area contributed by atoms with Crippen molar-refractivity contribution in [3.8, 4) is 0 Å². The van der Waals surface area contributed by atoms with Crippen molar-refractivity contribution < 1.29 is 4.79 Å². The molecule has 0 bridgehead atoms. The number of alkyl halides is 3. The maximum atomic E-state index is 12.1. The first-order valence-corrected chi connectivity index (χ1v) is 7.66. The Morgan fingerprint density at radius 3 is 2.36 bits per heavy atom. The minimum absolute atomic E-state index is 0.253. The highest BCUT2D eigenvalue weighted by molar-refractivity contribution is 6.68. The zero-order valence-electron chi connectivity index (χ0n) is 11.5. The molecule has 1 heterocycles. The van der Waals surface area contributed by atoms with Crippen molar-refractivity contribution in [2.24, 2.45) is 0 Å². The molecule has 7 heteroatoms. The Morgan fingerprint density at radius 1 is 1.09 bits per heavy atom. The molecule has 22 heavy (non-hydrogen) atoms. The molecule has 1 aromatic carbocycles. The normalized spacial score (nSPS) is 12.7. The van der Waals surface area contributed by atoms with Crippen molar-refractivity contribution in [1.29, 1.82) is 0 Å². The summed E-state index contributed by atoms with van der Waals surface area (Å²) in [7, 11) is 0. The van der Waals surface area contributed by atoms with Gasteiger partial charge in [-0.2, -0.15) is 0 Å². The number of nitrogens with zero attached hydrogens (tertiary/aromatic N) is 1. The van der Waals surface area contributed by atoms with Crippen LogP contribution in [-0.4, -0.2) is 20.8 Å². The Kier molecular flexibility index (Phi) is 6.03. The number of carbonyl (C=O) groups excluding carboxylic acids is 1. The first-order chi connectivity index (χ1) is 10.5. The Labute approximate surface area is 143 Å². The van der Waals surface area contributed by atoms with Crippen LogP contribution in [0.1, 0.15) is 16.1 Å². The lowest BCUT2D eigenvalue weighted by atomic mass is 10.2. The highest BCUT2D eigenvalue weighted by Gasteiger charge is 2.33. The molecule has 0 saturated carbocycles. The summed E-state index contributed by atoms with van der Waals surface area (Å²) in [5, 5.41) is 5.66. The average molecular weight is 359 g/mol. The Hall–Kier alpha value is -1.33. The number of hydrogen-bond donors (Lipinski definition) is 2. The standard InChI is InChI=1S/C15H14Cl3N3O/c16-15(17,18)14(20-10-11-6-2-1-3-7-11)21-13(22)12-8-4-5-9-19-12/h1-9,14,20H,10H2,(H,21,22). The molecule has 1 amide bonds. The Morgan fingerprint density at radius 2 is 1.77 bits per heavy atom. The van der Waals surface area contributed by atoms with E-state index in [9.17, 15) is 4.79 Å². The maximum absolute atomic E-state index is 12.1. The summed E-state index contributed by atoms with van der Waals surface area (Å²) in [5.41, 5.74) is 1.26. The van der Waals surface area contributed by atoms with Crippen molar-refractivity contribution in [2.75, 3.05) is 0 Å². The van der Waals surface area contributed by atoms with Crippen LogP contribution in [-0.2, 0) is 6.54 Å². The Balaban J connectivity index is 2.02. The highest BCUT2D eigenvalue weighted by atomic mass is 35.6. The topological polar surface area (TPSA) is 54.0 Å². The van der Waals surface area contributed by atoms with Crippen LogP contribution in [0.25, 0.3) is 0 Å². The number of carbonyl (C=O) groups is 1. The van der Waals surface area contributed by atoms with Gasteiger partial charge in [0.1, 0.15) is 11.9 Å². The summed E-state index contributed by atoms with van der Waals surface area (Å²) in [4.78, 5) is 16.1. The SMILES string of the molecule is O=C(NC(NCc1ccccc1)C(Cl)(Cl)Cl)c1ccccn1. The van der Waals surface area contributed by atoms with Crippen molar-refractivity contribution in [3.63, 3.8) is 0 Å². The van der Waals surface area contributed by atoms with Gasteiger partial charge in [0.2, 0.25) is 3.79 Å². The van der Waals surface area contributed by atoms with E-state index in [0.29, 0.717) is 6.54 Å². The minimum atomic E-state index is -1.70. The number of rotatable bonds is 5. The first-order valence-electron chi connectivity index (χ1n) is 6.53. The van der Waals surface area contributed by atoms with Crippen LogP contribution in [0.15, 0.2) is 54.7 Å². The summed E-state index contributed by atoms with van der Waals surface area (Å²) >= 11 is 17.8. The van der Waals surface area contributed by atoms with Crippen molar-refractivity contribution >= 4 is 40.7 Å². The molecule has 0 radical (unpaired) electrons. The van der Waals surface area contributed by atoms with Gasteiger partial charge in [-0.25, -0.2) is 0 Å². The van der Waals surface area contributed by atoms with Crippen LogP contribution in [0.4, 0.5) is 0 Å². The summed E-state index contributed by atoms with van der Waals surface area (Å²) < 4.78 is -1.70. The van der Waals surface area contributed by atoms with Gasteiger partial charge in [-0.1, -0.05) is 71.2 Å². The fourth-order valence-corrected chi connectivity index (χ4v) is 2.16. The zero-order valence-corrected chi connectivity index (χ0v) is 13.7. The fraction of sp³-hybridized carbons (Fsp3) is 0.200. The van der Waals surface area contributed by atoms with E-state index < -0.39 is 15.9 Å². The van der Waals surface area contributed by atoms with Gasteiger partial charge >= 0.3 is 0 Å². The van der Waals surface area contributed by atoms with Gasteiger partial charge in [0.15, 0.2) is 0 Å². The molecule has 1 atom stereocenters. The Bertz CT molecular complexity index is 602. The third kappa shape index (κ3) is 5.14. The summed E-state index contributed by atoms with van der Waals surface area (Å²) in [6.45, 7) is 0.446. The largest absolute Gasteiger partial charge is 0.331 e. The smallest absolute Gasteiger partial charge is 0.271 e. The predicted octanol–water partition coefficient (Wildman–Crippen LogP) is 3.30. The second-order valence-corrected chi connectivity index (χ2v) is 6.90. The molecule has 0 aliphatic heterocycles. The lowest BCUT2D eigenvalue weighted by molar-refractivity contribution is 0.0924. The van der Waals surface area contributed by atoms with Crippen LogP contribution in [0, 0.1) is 0 Å². The first kappa shape index (κ1) is 17.0. The van der Waals surface area contributed by atoms with Gasteiger partial charge in [-0.15, -0.1) is 0 Å². The van der Waals surface area contributed by atoms with Crippen LogP contribution < -0.4 is 10.6 Å². The molecule has 0 fully saturated rings. The lowest BCUT2D eigenvalue weighted by Gasteiger charge is -2.26. The summed E-state index contributed by atoms with van der Waals surface area (Å²) in [5.74, 6) is -0.419. The summed E-state index contributed by atoms with van der Waals surface area (Å²) in [6, 6.07) is 14.6. The van der Waals surface area contributed by atoms with E-state index in [4.69, 9.17) is 34.8 Å². The lowest BCUT2D eigenvalue weighted by Crippen LogP contribution is -2.53. The number of pyridine rings is 1. The number of amides is 1. The van der Waals surface area contributed by atoms with Crippen LogP contribution >= 0.6 is 34.8 Å². The molecule has 1 unspecified atom stereocenters. The van der Waals surface area contributed by atoms with Crippen LogP contribution in [0.5, 0.6) is 0 Å². The predicted molar refractivity (Wildman–Crippen MR) is 89.1 cm³/mol. The van der Waals surface area contributed by atoms with E-state index in [1.165, 1.54) is 6.20 Å².